The third kappa shape index (κ3) is 9.14. The molecule has 1 rings (SSSR count). The molecular weight excluding hydrogens is 318 g/mol. The Hall–Kier alpha value is -0.460. The Morgan fingerprint density at radius 3 is 2.29 bits per heavy atom. The lowest BCUT2D eigenvalue weighted by Gasteiger charge is -2.34. The molecule has 0 atom stereocenters. The largest absolute Gasteiger partial charge is 0.357 e. The predicted molar refractivity (Wildman–Crippen MR) is 109 cm³/mol. The Bertz CT molecular complexity index is 351. The van der Waals surface area contributed by atoms with E-state index in [1.54, 1.807) is 0 Å². The lowest BCUT2D eigenvalue weighted by molar-refractivity contribution is 0.136. The minimum absolute atomic E-state index is 0.197. The average molecular weight is 358 g/mol. The van der Waals surface area contributed by atoms with Crippen LogP contribution in [0.1, 0.15) is 40.5 Å². The monoisotopic (exact) mass is 357 g/mol. The van der Waals surface area contributed by atoms with Crippen LogP contribution in [0, 0.1) is 0 Å². The lowest BCUT2D eigenvalue weighted by atomic mass is 10.2. The number of thioether (sulfide) groups is 1. The molecule has 0 radical (unpaired) electrons. The zero-order valence-electron chi connectivity index (χ0n) is 16.5. The van der Waals surface area contributed by atoms with E-state index in [-0.39, 0.29) is 4.75 Å². The summed E-state index contributed by atoms with van der Waals surface area (Å²) >= 11 is 1.87. The summed E-state index contributed by atoms with van der Waals surface area (Å²) in [6.07, 6.45) is 4.61. The average Bonchev–Trinajstić information content (AvgIpc) is 2.60. The van der Waals surface area contributed by atoms with Crippen LogP contribution in [-0.4, -0.2) is 85.7 Å². The highest BCUT2D eigenvalue weighted by atomic mass is 32.2. The first-order valence-electron chi connectivity index (χ1n) is 9.52. The maximum absolute atomic E-state index is 4.72. The Morgan fingerprint density at radius 1 is 1.04 bits per heavy atom. The van der Waals surface area contributed by atoms with Crippen molar-refractivity contribution >= 4 is 17.7 Å². The molecule has 0 bridgehead atoms. The van der Waals surface area contributed by atoms with Crippen LogP contribution in [0.25, 0.3) is 0 Å². The number of aliphatic imine (C=N–C) groups is 1. The summed E-state index contributed by atoms with van der Waals surface area (Å²) in [5.41, 5.74) is 0. The van der Waals surface area contributed by atoms with E-state index >= 15 is 0 Å². The molecular formula is C18H39N5S. The van der Waals surface area contributed by atoms with Gasteiger partial charge >= 0.3 is 0 Å². The van der Waals surface area contributed by atoms with Crippen LogP contribution < -0.4 is 10.6 Å². The number of guanidine groups is 1. The van der Waals surface area contributed by atoms with Gasteiger partial charge in [-0.15, -0.1) is 0 Å². The van der Waals surface area contributed by atoms with E-state index in [2.05, 4.69) is 54.4 Å². The SMILES string of the molecule is CCNC(=NCC(C)(C)SC)NCCCCN1CCN(CC)CC1. The minimum atomic E-state index is 0.197. The quantitative estimate of drug-likeness (QED) is 0.356. The molecule has 0 aromatic carbocycles. The second-order valence-electron chi connectivity index (χ2n) is 7.07. The van der Waals surface area contributed by atoms with E-state index in [0.29, 0.717) is 0 Å². The number of rotatable bonds is 10. The Kier molecular flexibility index (Phi) is 10.8. The standard InChI is InChI=1S/C18H39N5S/c1-6-19-17(21-16-18(3,4)24-5)20-10-8-9-11-23-14-12-22(7-2)13-15-23/h6-16H2,1-5H3,(H2,19,20,21). The molecule has 1 heterocycles. The maximum Gasteiger partial charge on any atom is 0.191 e. The summed E-state index contributed by atoms with van der Waals surface area (Å²) in [4.78, 5) is 9.86. The first-order valence-corrected chi connectivity index (χ1v) is 10.7. The van der Waals surface area contributed by atoms with Crippen molar-refractivity contribution in [3.63, 3.8) is 0 Å². The van der Waals surface area contributed by atoms with E-state index < -0.39 is 0 Å². The van der Waals surface area contributed by atoms with Gasteiger partial charge in [0.15, 0.2) is 5.96 Å². The zero-order chi connectivity index (χ0) is 17.8. The fourth-order valence-corrected chi connectivity index (χ4v) is 2.87. The van der Waals surface area contributed by atoms with Crippen LogP contribution in [0.3, 0.4) is 0 Å². The van der Waals surface area contributed by atoms with Gasteiger partial charge in [0.1, 0.15) is 0 Å². The highest BCUT2D eigenvalue weighted by Gasteiger charge is 2.16. The van der Waals surface area contributed by atoms with Gasteiger partial charge in [0.2, 0.25) is 0 Å². The molecule has 2 N–H and O–H groups in total. The van der Waals surface area contributed by atoms with Gasteiger partial charge in [-0.05, 0) is 53.0 Å². The van der Waals surface area contributed by atoms with Gasteiger partial charge in [-0.2, -0.15) is 11.8 Å². The molecule has 1 saturated heterocycles. The summed E-state index contributed by atoms with van der Waals surface area (Å²) in [6, 6.07) is 0. The van der Waals surface area contributed by atoms with Crippen molar-refractivity contribution in [3.05, 3.63) is 0 Å². The van der Waals surface area contributed by atoms with Gasteiger partial charge in [0, 0.05) is 44.0 Å². The third-order valence-electron chi connectivity index (χ3n) is 4.62. The molecule has 24 heavy (non-hydrogen) atoms. The fourth-order valence-electron chi connectivity index (χ4n) is 2.67. The molecule has 1 aliphatic rings. The van der Waals surface area contributed by atoms with Crippen molar-refractivity contribution in [3.8, 4) is 0 Å². The number of piperazine rings is 1. The van der Waals surface area contributed by atoms with Crippen molar-refractivity contribution in [1.82, 2.24) is 20.4 Å². The molecule has 0 aliphatic carbocycles. The number of hydrogen-bond donors (Lipinski definition) is 2. The van der Waals surface area contributed by atoms with Crippen molar-refractivity contribution in [2.45, 2.75) is 45.3 Å². The van der Waals surface area contributed by atoms with Crippen molar-refractivity contribution in [2.75, 3.05) is 65.2 Å². The smallest absolute Gasteiger partial charge is 0.191 e. The van der Waals surface area contributed by atoms with E-state index in [4.69, 9.17) is 4.99 Å². The number of nitrogens with one attached hydrogen (secondary N) is 2. The molecule has 0 aromatic rings. The first kappa shape index (κ1) is 21.6. The number of unbranched alkanes of at least 4 members (excludes halogenated alkanes) is 1. The van der Waals surface area contributed by atoms with Crippen LogP contribution in [0.5, 0.6) is 0 Å². The van der Waals surface area contributed by atoms with Crippen molar-refractivity contribution in [1.29, 1.82) is 0 Å². The van der Waals surface area contributed by atoms with Crippen LogP contribution in [-0.2, 0) is 0 Å². The molecule has 0 aromatic heterocycles. The van der Waals surface area contributed by atoms with Gasteiger partial charge in [-0.25, -0.2) is 0 Å². The number of likely N-dealkylation sites (N-methyl/N-ethyl adjacent to an activating group) is 1. The Morgan fingerprint density at radius 2 is 1.71 bits per heavy atom. The van der Waals surface area contributed by atoms with E-state index in [1.165, 1.54) is 52.1 Å². The third-order valence-corrected chi connectivity index (χ3v) is 5.85. The molecule has 0 spiro atoms. The Labute approximate surface area is 154 Å². The number of hydrogen-bond acceptors (Lipinski definition) is 4. The van der Waals surface area contributed by atoms with Crippen molar-refractivity contribution < 1.29 is 0 Å². The molecule has 1 fully saturated rings. The van der Waals surface area contributed by atoms with Crippen LogP contribution in [0.4, 0.5) is 0 Å². The molecule has 6 heteroatoms. The van der Waals surface area contributed by atoms with Crippen LogP contribution in [0.2, 0.25) is 0 Å². The lowest BCUT2D eigenvalue weighted by Crippen LogP contribution is -2.46. The summed E-state index contributed by atoms with van der Waals surface area (Å²) in [5.74, 6) is 0.955. The van der Waals surface area contributed by atoms with Gasteiger partial charge in [0.05, 0.1) is 6.54 Å². The van der Waals surface area contributed by atoms with Gasteiger partial charge in [-0.1, -0.05) is 6.92 Å². The predicted octanol–water partition coefficient (Wildman–Crippen LogP) is 2.10. The molecule has 0 unspecified atom stereocenters. The van der Waals surface area contributed by atoms with Gasteiger partial charge < -0.3 is 20.4 Å². The Balaban J connectivity index is 2.18. The summed E-state index contributed by atoms with van der Waals surface area (Å²) in [5, 5.41) is 6.82. The van der Waals surface area contributed by atoms with Crippen LogP contribution in [0.15, 0.2) is 4.99 Å². The zero-order valence-corrected chi connectivity index (χ0v) is 17.3. The summed E-state index contributed by atoms with van der Waals surface area (Å²) < 4.78 is 0.197. The highest BCUT2D eigenvalue weighted by Crippen LogP contribution is 2.20. The second kappa shape index (κ2) is 12.0. The van der Waals surface area contributed by atoms with E-state index in [0.717, 1.165) is 25.6 Å². The van der Waals surface area contributed by atoms with E-state index in [1.807, 2.05) is 11.8 Å². The minimum Gasteiger partial charge on any atom is -0.357 e. The maximum atomic E-state index is 4.72. The second-order valence-corrected chi connectivity index (χ2v) is 8.58. The summed E-state index contributed by atoms with van der Waals surface area (Å²) in [6.45, 7) is 19.0. The molecule has 1 aliphatic heterocycles. The molecule has 142 valence electrons. The highest BCUT2D eigenvalue weighted by molar-refractivity contribution is 7.99. The number of nitrogens with zero attached hydrogens (tertiary/aromatic N) is 3. The summed E-state index contributed by atoms with van der Waals surface area (Å²) in [7, 11) is 0. The normalized spacial score (nSPS) is 18.0. The van der Waals surface area contributed by atoms with Gasteiger partial charge in [0.25, 0.3) is 0 Å². The fraction of sp³-hybridized carbons (Fsp3) is 0.944. The molecule has 5 nitrogen and oxygen atoms in total. The van der Waals surface area contributed by atoms with Gasteiger partial charge in [-0.3, -0.25) is 4.99 Å². The molecule has 0 saturated carbocycles. The topological polar surface area (TPSA) is 42.9 Å². The first-order chi connectivity index (χ1) is 11.5. The molecule has 0 amide bonds. The van der Waals surface area contributed by atoms with Crippen molar-refractivity contribution in [2.24, 2.45) is 4.99 Å². The van der Waals surface area contributed by atoms with E-state index in [9.17, 15) is 0 Å². The van der Waals surface area contributed by atoms with Crippen LogP contribution >= 0.6 is 11.8 Å².